The lowest BCUT2D eigenvalue weighted by atomic mass is 11.9. The average molecular weight is 196 g/mol. The van der Waals surface area contributed by atoms with Crippen molar-refractivity contribution in [2.75, 3.05) is 7.18 Å². The molecule has 0 saturated carbocycles. The molecule has 0 aromatic carbocycles. The van der Waals surface area contributed by atoms with Crippen LogP contribution in [-0.2, 0) is 0 Å². The maximum atomic E-state index is 9.50. The SMILES string of the molecule is Br.Br.CF. The Morgan fingerprint density at radius 3 is 1.00 bits per heavy atom. The Balaban J connectivity index is -0.00000000500. The van der Waals surface area contributed by atoms with Gasteiger partial charge in [0.1, 0.15) is 0 Å². The fraction of sp³-hybridized carbons (Fsp3) is 1.00. The molecule has 4 heavy (non-hydrogen) atoms. The number of hydrogen-bond donors (Lipinski definition) is 0. The lowest BCUT2D eigenvalue weighted by molar-refractivity contribution is 0.636. The maximum absolute atomic E-state index is 9.50. The topological polar surface area (TPSA) is 0 Å². The van der Waals surface area contributed by atoms with E-state index in [1.807, 2.05) is 0 Å². The molecule has 0 amide bonds. The highest BCUT2D eigenvalue weighted by Gasteiger charge is 0.926. The highest BCUT2D eigenvalue weighted by molar-refractivity contribution is 8.93. The van der Waals surface area contributed by atoms with Crippen LogP contribution in [0.25, 0.3) is 0 Å². The van der Waals surface area contributed by atoms with Crippen molar-refractivity contribution in [2.45, 2.75) is 0 Å². The Morgan fingerprint density at radius 2 is 1.00 bits per heavy atom. The van der Waals surface area contributed by atoms with Crippen molar-refractivity contribution in [3.63, 3.8) is 0 Å². The first-order valence-electron chi connectivity index (χ1n) is 0.378. The molecule has 0 atom stereocenters. The van der Waals surface area contributed by atoms with Crippen LogP contribution in [0.1, 0.15) is 0 Å². The average Bonchev–Trinajstić information content (AvgIpc) is 1.00. The predicted molar refractivity (Wildman–Crippen MR) is 27.7 cm³/mol. The summed E-state index contributed by atoms with van der Waals surface area (Å²) < 4.78 is 9.50. The molecule has 0 rings (SSSR count). The first kappa shape index (κ1) is 20.7. The summed E-state index contributed by atoms with van der Waals surface area (Å²) in [5.41, 5.74) is 0. The van der Waals surface area contributed by atoms with Crippen molar-refractivity contribution in [3.8, 4) is 0 Å². The van der Waals surface area contributed by atoms with Crippen molar-refractivity contribution in [3.05, 3.63) is 0 Å². The molecule has 0 radical (unpaired) electrons. The third-order valence-corrected chi connectivity index (χ3v) is 0. The highest BCUT2D eigenvalue weighted by atomic mass is 79.9. The van der Waals surface area contributed by atoms with Gasteiger partial charge in [-0.05, 0) is 0 Å². The van der Waals surface area contributed by atoms with E-state index in [2.05, 4.69) is 0 Å². The Labute approximate surface area is 45.9 Å². The molecule has 0 aliphatic carbocycles. The summed E-state index contributed by atoms with van der Waals surface area (Å²) in [6.07, 6.45) is 0. The third-order valence-electron chi connectivity index (χ3n) is 0. The normalized spacial score (nSPS) is 1.50. The standard InChI is InChI=1S/CH3F.2BrH/c1-2;;/h1H3;2*1H. The minimum Gasteiger partial charge on any atom is -0.255 e. The zero-order valence-corrected chi connectivity index (χ0v) is 5.62. The highest BCUT2D eigenvalue weighted by Crippen LogP contribution is 1.16. The molecule has 0 N–H and O–H groups in total. The first-order valence-corrected chi connectivity index (χ1v) is 0.378. The van der Waals surface area contributed by atoms with Crippen LogP contribution in [0.5, 0.6) is 0 Å². The molecule has 0 unspecified atom stereocenters. The summed E-state index contributed by atoms with van der Waals surface area (Å²) in [6, 6.07) is 0. The Bertz CT molecular complexity index is 6.00. The van der Waals surface area contributed by atoms with Gasteiger partial charge in [0.15, 0.2) is 0 Å². The smallest absolute Gasteiger partial charge is 0.0785 e. The molecule has 0 saturated heterocycles. The quantitative estimate of drug-likeness (QED) is 0.553. The van der Waals surface area contributed by atoms with E-state index in [9.17, 15) is 4.39 Å². The molecule has 0 aliphatic heterocycles. The summed E-state index contributed by atoms with van der Waals surface area (Å²) in [7, 11) is 0.500. The van der Waals surface area contributed by atoms with Gasteiger partial charge in [0.25, 0.3) is 0 Å². The fourth-order valence-corrected chi connectivity index (χ4v) is 0. The Kier molecular flexibility index (Phi) is 212. The molecule has 0 aliphatic rings. The monoisotopic (exact) mass is 194 g/mol. The van der Waals surface area contributed by atoms with Crippen LogP contribution >= 0.6 is 34.0 Å². The van der Waals surface area contributed by atoms with Crippen LogP contribution in [-0.4, -0.2) is 7.18 Å². The van der Waals surface area contributed by atoms with Crippen molar-refractivity contribution >= 4 is 34.0 Å². The predicted octanol–water partition coefficient (Wildman–Crippen LogP) is 1.74. The largest absolute Gasteiger partial charge is 0.255 e. The van der Waals surface area contributed by atoms with Gasteiger partial charge in [0.2, 0.25) is 0 Å². The van der Waals surface area contributed by atoms with E-state index in [0.717, 1.165) is 0 Å². The van der Waals surface area contributed by atoms with Gasteiger partial charge in [0.05, 0.1) is 7.18 Å². The van der Waals surface area contributed by atoms with E-state index in [1.165, 1.54) is 0 Å². The van der Waals surface area contributed by atoms with Crippen LogP contribution in [0.3, 0.4) is 0 Å². The third kappa shape index (κ3) is 13.0. The van der Waals surface area contributed by atoms with Gasteiger partial charge in [0, 0.05) is 0 Å². The van der Waals surface area contributed by atoms with E-state index in [-0.39, 0.29) is 34.0 Å². The molecule has 0 fully saturated rings. The van der Waals surface area contributed by atoms with Gasteiger partial charge >= 0.3 is 0 Å². The van der Waals surface area contributed by atoms with Gasteiger partial charge in [-0.25, -0.2) is 0 Å². The van der Waals surface area contributed by atoms with E-state index >= 15 is 0 Å². The van der Waals surface area contributed by atoms with Crippen LogP contribution in [0.4, 0.5) is 4.39 Å². The van der Waals surface area contributed by atoms with E-state index in [0.29, 0.717) is 7.18 Å². The molecule has 0 heterocycles. The number of alkyl halides is 1. The van der Waals surface area contributed by atoms with Gasteiger partial charge in [-0.3, -0.25) is 4.39 Å². The molecule has 0 bridgehead atoms. The molecule has 3 heteroatoms. The molecule has 0 aromatic heterocycles. The van der Waals surface area contributed by atoms with Crippen LogP contribution in [0.2, 0.25) is 0 Å². The zero-order valence-electron chi connectivity index (χ0n) is 2.19. The van der Waals surface area contributed by atoms with Gasteiger partial charge in [-0.15, -0.1) is 34.0 Å². The van der Waals surface area contributed by atoms with Crippen LogP contribution < -0.4 is 0 Å². The van der Waals surface area contributed by atoms with Crippen molar-refractivity contribution in [1.82, 2.24) is 0 Å². The zero-order chi connectivity index (χ0) is 2.00. The minimum atomic E-state index is 0. The number of hydrogen-bond acceptors (Lipinski definition) is 0. The number of halogens is 3. The summed E-state index contributed by atoms with van der Waals surface area (Å²) in [5, 5.41) is 0. The second-order valence-electron chi connectivity index (χ2n) is 0. The molecule has 30 valence electrons. The lowest BCUT2D eigenvalue weighted by Crippen LogP contribution is -0.939. The second-order valence-corrected chi connectivity index (χ2v) is 0. The maximum Gasteiger partial charge on any atom is 0.0785 e. The van der Waals surface area contributed by atoms with E-state index in [4.69, 9.17) is 0 Å². The second kappa shape index (κ2) is 41.0. The summed E-state index contributed by atoms with van der Waals surface area (Å²) in [6.45, 7) is 0. The summed E-state index contributed by atoms with van der Waals surface area (Å²) in [5.74, 6) is 0. The summed E-state index contributed by atoms with van der Waals surface area (Å²) >= 11 is 0. The molecular formula is CH5Br2F. The van der Waals surface area contributed by atoms with Gasteiger partial charge < -0.3 is 0 Å². The first-order chi connectivity index (χ1) is 1.00. The van der Waals surface area contributed by atoms with Crippen LogP contribution in [0, 0.1) is 0 Å². The Hall–Kier alpha value is 0.890. The number of rotatable bonds is 0. The molecule has 0 aromatic rings. The van der Waals surface area contributed by atoms with Crippen LogP contribution in [0.15, 0.2) is 0 Å². The fourth-order valence-electron chi connectivity index (χ4n) is 0. The molecule has 0 nitrogen and oxygen atoms in total. The summed E-state index contributed by atoms with van der Waals surface area (Å²) in [4.78, 5) is 0. The van der Waals surface area contributed by atoms with Gasteiger partial charge in [-0.2, -0.15) is 0 Å². The molecular weight excluding hydrogens is 191 g/mol. The van der Waals surface area contributed by atoms with Gasteiger partial charge in [-0.1, -0.05) is 0 Å². The lowest BCUT2D eigenvalue weighted by Gasteiger charge is -1.10. The van der Waals surface area contributed by atoms with E-state index < -0.39 is 0 Å². The van der Waals surface area contributed by atoms with E-state index in [1.54, 1.807) is 0 Å². The van der Waals surface area contributed by atoms with Crippen molar-refractivity contribution in [1.29, 1.82) is 0 Å². The van der Waals surface area contributed by atoms with Crippen molar-refractivity contribution in [2.24, 2.45) is 0 Å². The van der Waals surface area contributed by atoms with Crippen molar-refractivity contribution < 1.29 is 4.39 Å². The minimum absolute atomic E-state index is 0. The molecule has 0 spiro atoms. The Morgan fingerprint density at radius 1 is 1.00 bits per heavy atom.